The van der Waals surface area contributed by atoms with Gasteiger partial charge in [-0.2, -0.15) is 9.82 Å². The minimum Gasteiger partial charge on any atom is -0.325 e. The Morgan fingerprint density at radius 3 is 2.64 bits per heavy atom. The van der Waals surface area contributed by atoms with Crippen molar-refractivity contribution in [2.75, 3.05) is 5.32 Å². The monoisotopic (exact) mass is 417 g/mol. The predicted octanol–water partition coefficient (Wildman–Crippen LogP) is 2.72. The van der Waals surface area contributed by atoms with Gasteiger partial charge >= 0.3 is 0 Å². The van der Waals surface area contributed by atoms with Crippen molar-refractivity contribution in [2.45, 2.75) is 35.9 Å². The van der Waals surface area contributed by atoms with Crippen molar-refractivity contribution in [3.05, 3.63) is 47.6 Å². The first kappa shape index (κ1) is 18.8. The van der Waals surface area contributed by atoms with E-state index in [1.54, 1.807) is 23.6 Å². The van der Waals surface area contributed by atoms with Crippen LogP contribution in [0.4, 0.5) is 5.69 Å². The highest BCUT2D eigenvalue weighted by atomic mass is 32.2. The number of carbonyl (C=O) groups is 1. The van der Waals surface area contributed by atoms with Gasteiger partial charge in [-0.15, -0.1) is 11.3 Å². The van der Waals surface area contributed by atoms with Gasteiger partial charge in [-0.25, -0.2) is 13.4 Å². The Hall–Kier alpha value is -2.56. The molecule has 0 saturated heterocycles. The van der Waals surface area contributed by atoms with Crippen LogP contribution < -0.4 is 10.0 Å². The van der Waals surface area contributed by atoms with Gasteiger partial charge in [0.15, 0.2) is 5.82 Å². The summed E-state index contributed by atoms with van der Waals surface area (Å²) in [4.78, 5) is 16.8. The lowest BCUT2D eigenvalue weighted by molar-refractivity contribution is -0.117. The molecule has 1 unspecified atom stereocenters. The van der Waals surface area contributed by atoms with E-state index in [1.165, 1.54) is 13.0 Å². The van der Waals surface area contributed by atoms with Crippen molar-refractivity contribution in [3.63, 3.8) is 0 Å². The standard InChI is InChI=1S/C18H19N5O3S2/c1-11(23-28(25,26)15-3-2-10-27-15)18(24)19-14-8-6-13(7-9-14)17-20-16(21-22-17)12-4-5-12/h2-3,6-12,23H,4-5H2,1H3,(H,19,24)(H,20,21,22). The van der Waals surface area contributed by atoms with Crippen LogP contribution in [0.3, 0.4) is 0 Å². The Labute approximate surface area is 166 Å². The molecule has 0 aliphatic heterocycles. The van der Waals surface area contributed by atoms with E-state index in [1.807, 2.05) is 12.1 Å². The Kier molecular flexibility index (Phi) is 5.00. The van der Waals surface area contributed by atoms with Crippen molar-refractivity contribution >= 4 is 33.0 Å². The topological polar surface area (TPSA) is 117 Å². The highest BCUT2D eigenvalue weighted by molar-refractivity contribution is 7.91. The molecular weight excluding hydrogens is 398 g/mol. The zero-order valence-corrected chi connectivity index (χ0v) is 16.7. The average Bonchev–Trinajstić information content (AvgIpc) is 3.17. The second-order valence-electron chi connectivity index (χ2n) is 6.66. The summed E-state index contributed by atoms with van der Waals surface area (Å²) in [5.41, 5.74) is 1.40. The third-order valence-electron chi connectivity index (χ3n) is 4.36. The van der Waals surface area contributed by atoms with Crippen LogP contribution in [0.2, 0.25) is 0 Å². The highest BCUT2D eigenvalue weighted by Crippen LogP contribution is 2.38. The third kappa shape index (κ3) is 4.13. The molecule has 10 heteroatoms. The van der Waals surface area contributed by atoms with E-state index in [9.17, 15) is 13.2 Å². The maximum atomic E-state index is 12.3. The van der Waals surface area contributed by atoms with Gasteiger partial charge in [0.25, 0.3) is 10.0 Å². The second-order valence-corrected chi connectivity index (χ2v) is 9.55. The maximum Gasteiger partial charge on any atom is 0.250 e. The van der Waals surface area contributed by atoms with Gasteiger partial charge in [0.1, 0.15) is 10.0 Å². The minimum atomic E-state index is -3.71. The first-order valence-electron chi connectivity index (χ1n) is 8.82. The zero-order chi connectivity index (χ0) is 19.7. The molecule has 1 aliphatic rings. The molecule has 2 aromatic heterocycles. The summed E-state index contributed by atoms with van der Waals surface area (Å²) in [6, 6.07) is 9.33. The van der Waals surface area contributed by atoms with E-state index in [4.69, 9.17) is 0 Å². The van der Waals surface area contributed by atoms with Crippen molar-refractivity contribution in [2.24, 2.45) is 0 Å². The number of thiophene rings is 1. The normalized spacial score (nSPS) is 15.3. The summed E-state index contributed by atoms with van der Waals surface area (Å²) in [6.45, 7) is 1.50. The molecule has 1 amide bonds. The van der Waals surface area contributed by atoms with Crippen LogP contribution in [0.15, 0.2) is 46.0 Å². The summed E-state index contributed by atoms with van der Waals surface area (Å²) in [7, 11) is -3.71. The van der Waals surface area contributed by atoms with Crippen LogP contribution in [0.1, 0.15) is 31.5 Å². The lowest BCUT2D eigenvalue weighted by Crippen LogP contribution is -2.41. The molecule has 0 bridgehead atoms. The molecule has 3 aromatic rings. The van der Waals surface area contributed by atoms with E-state index in [2.05, 4.69) is 25.2 Å². The lowest BCUT2D eigenvalue weighted by Gasteiger charge is -2.14. The number of H-pyrrole nitrogens is 1. The predicted molar refractivity (Wildman–Crippen MR) is 107 cm³/mol. The lowest BCUT2D eigenvalue weighted by atomic mass is 10.2. The summed E-state index contributed by atoms with van der Waals surface area (Å²) < 4.78 is 27.0. The quantitative estimate of drug-likeness (QED) is 0.546. The molecule has 0 spiro atoms. The van der Waals surface area contributed by atoms with Crippen LogP contribution in [0.25, 0.3) is 11.4 Å². The van der Waals surface area contributed by atoms with Crippen molar-refractivity contribution in [3.8, 4) is 11.4 Å². The van der Waals surface area contributed by atoms with Gasteiger partial charge in [-0.05, 0) is 55.5 Å². The number of rotatable bonds is 7. The molecular formula is C18H19N5O3S2. The van der Waals surface area contributed by atoms with Crippen molar-refractivity contribution < 1.29 is 13.2 Å². The molecule has 8 nitrogen and oxygen atoms in total. The largest absolute Gasteiger partial charge is 0.325 e. The summed E-state index contributed by atoms with van der Waals surface area (Å²) in [5.74, 6) is 1.59. The van der Waals surface area contributed by atoms with Crippen LogP contribution in [0.5, 0.6) is 0 Å². The number of aromatic amines is 1. The summed E-state index contributed by atoms with van der Waals surface area (Å²) in [6.07, 6.45) is 2.29. The second kappa shape index (κ2) is 7.46. The van der Waals surface area contributed by atoms with Gasteiger partial charge in [0.05, 0.1) is 6.04 Å². The Bertz CT molecular complexity index is 1070. The molecule has 1 fully saturated rings. The SMILES string of the molecule is CC(NS(=O)(=O)c1cccs1)C(=O)Nc1ccc(-c2n[nH]c(C3CC3)n2)cc1. The fourth-order valence-corrected chi connectivity index (χ4v) is 4.87. The number of nitrogens with one attached hydrogen (secondary N) is 3. The average molecular weight is 418 g/mol. The molecule has 2 heterocycles. The fourth-order valence-electron chi connectivity index (χ4n) is 2.66. The summed E-state index contributed by atoms with van der Waals surface area (Å²) in [5, 5.41) is 11.6. The number of aromatic nitrogens is 3. The summed E-state index contributed by atoms with van der Waals surface area (Å²) >= 11 is 1.10. The molecule has 1 atom stereocenters. The Morgan fingerprint density at radius 1 is 1.25 bits per heavy atom. The number of carbonyl (C=O) groups excluding carboxylic acids is 1. The number of sulfonamides is 1. The van der Waals surface area contributed by atoms with E-state index in [0.717, 1.165) is 35.6 Å². The third-order valence-corrected chi connectivity index (χ3v) is 7.30. The van der Waals surface area contributed by atoms with E-state index in [0.29, 0.717) is 17.4 Å². The smallest absolute Gasteiger partial charge is 0.250 e. The van der Waals surface area contributed by atoms with E-state index >= 15 is 0 Å². The minimum absolute atomic E-state index is 0.175. The zero-order valence-electron chi connectivity index (χ0n) is 15.0. The van der Waals surface area contributed by atoms with E-state index in [-0.39, 0.29) is 4.21 Å². The number of hydrogen-bond acceptors (Lipinski definition) is 6. The highest BCUT2D eigenvalue weighted by Gasteiger charge is 2.27. The van der Waals surface area contributed by atoms with Gasteiger partial charge in [-0.3, -0.25) is 9.89 Å². The van der Waals surface area contributed by atoms with Crippen molar-refractivity contribution in [1.82, 2.24) is 19.9 Å². The van der Waals surface area contributed by atoms with Crippen LogP contribution in [0, 0.1) is 0 Å². The Morgan fingerprint density at radius 2 is 2.00 bits per heavy atom. The molecule has 146 valence electrons. The first-order valence-corrected chi connectivity index (χ1v) is 11.2. The fraction of sp³-hybridized carbons (Fsp3) is 0.278. The molecule has 1 aromatic carbocycles. The van der Waals surface area contributed by atoms with E-state index < -0.39 is 22.0 Å². The first-order chi connectivity index (χ1) is 13.4. The van der Waals surface area contributed by atoms with Crippen LogP contribution in [-0.4, -0.2) is 35.5 Å². The molecule has 28 heavy (non-hydrogen) atoms. The van der Waals surface area contributed by atoms with Gasteiger partial charge in [-0.1, -0.05) is 6.07 Å². The molecule has 0 radical (unpaired) electrons. The Balaban J connectivity index is 1.38. The molecule has 1 aliphatic carbocycles. The van der Waals surface area contributed by atoms with Gasteiger partial charge in [0, 0.05) is 17.2 Å². The van der Waals surface area contributed by atoms with Gasteiger partial charge in [0.2, 0.25) is 5.91 Å². The molecule has 4 rings (SSSR count). The van der Waals surface area contributed by atoms with Crippen LogP contribution >= 0.6 is 11.3 Å². The maximum absolute atomic E-state index is 12.3. The number of amides is 1. The molecule has 3 N–H and O–H groups in total. The number of hydrogen-bond donors (Lipinski definition) is 3. The molecule has 1 saturated carbocycles. The number of benzene rings is 1. The van der Waals surface area contributed by atoms with Gasteiger partial charge < -0.3 is 5.32 Å². The van der Waals surface area contributed by atoms with Crippen molar-refractivity contribution in [1.29, 1.82) is 0 Å². The van der Waals surface area contributed by atoms with Crippen LogP contribution in [-0.2, 0) is 14.8 Å². The number of nitrogens with zero attached hydrogens (tertiary/aromatic N) is 2. The number of anilines is 1.